The van der Waals surface area contributed by atoms with Crippen LogP contribution in [0.1, 0.15) is 41.2 Å². The van der Waals surface area contributed by atoms with Crippen molar-refractivity contribution in [3.05, 3.63) is 48.0 Å². The summed E-state index contributed by atoms with van der Waals surface area (Å²) in [5.41, 5.74) is 1.69. The van der Waals surface area contributed by atoms with Crippen LogP contribution in [0.5, 0.6) is 0 Å². The average Bonchev–Trinajstić information content (AvgIpc) is 3.14. The number of rotatable bonds is 4. The van der Waals surface area contributed by atoms with E-state index in [0.717, 1.165) is 25.2 Å². The molecule has 0 aromatic carbocycles. The molecule has 0 bridgehead atoms. The summed E-state index contributed by atoms with van der Waals surface area (Å²) in [6, 6.07) is 3.42. The third-order valence-electron chi connectivity index (χ3n) is 5.49. The maximum atomic E-state index is 13.2. The van der Waals surface area contributed by atoms with E-state index in [2.05, 4.69) is 15.0 Å². The van der Waals surface area contributed by atoms with Gasteiger partial charge in [0.15, 0.2) is 0 Å². The van der Waals surface area contributed by atoms with Crippen LogP contribution < -0.4 is 0 Å². The van der Waals surface area contributed by atoms with Gasteiger partial charge in [0.25, 0.3) is 5.91 Å². The molecule has 0 N–H and O–H groups in total. The minimum Gasteiger partial charge on any atom is -0.373 e. The molecule has 2 fully saturated rings. The number of hydrogen-bond acceptors (Lipinski definition) is 5. The normalized spacial score (nSPS) is 24.1. The minimum atomic E-state index is -0.130. The summed E-state index contributed by atoms with van der Waals surface area (Å²) in [6.45, 7) is 4.21. The molecule has 2 saturated heterocycles. The molecular formula is C20H27N5O2. The van der Waals surface area contributed by atoms with E-state index in [1.807, 2.05) is 24.3 Å². The first-order valence-electron chi connectivity index (χ1n) is 9.76. The van der Waals surface area contributed by atoms with Gasteiger partial charge in [-0.1, -0.05) is 6.42 Å². The summed E-state index contributed by atoms with van der Waals surface area (Å²) in [6.07, 6.45) is 10.9. The van der Waals surface area contributed by atoms with Gasteiger partial charge in [0.1, 0.15) is 0 Å². The van der Waals surface area contributed by atoms with E-state index >= 15 is 0 Å². The highest BCUT2D eigenvalue weighted by atomic mass is 16.5. The number of carbonyl (C=O) groups is 1. The fourth-order valence-corrected chi connectivity index (χ4v) is 4.16. The Morgan fingerprint density at radius 2 is 1.96 bits per heavy atom. The van der Waals surface area contributed by atoms with Crippen LogP contribution in [0.15, 0.2) is 36.9 Å². The number of pyridine rings is 1. The van der Waals surface area contributed by atoms with Gasteiger partial charge in [-0.3, -0.25) is 14.5 Å². The minimum absolute atomic E-state index is 0.0261. The number of morpholine rings is 1. The highest BCUT2D eigenvalue weighted by molar-refractivity contribution is 5.94. The van der Waals surface area contributed by atoms with Crippen molar-refractivity contribution in [2.24, 2.45) is 7.05 Å². The van der Waals surface area contributed by atoms with Crippen molar-refractivity contribution in [2.75, 3.05) is 32.8 Å². The van der Waals surface area contributed by atoms with Crippen LogP contribution >= 0.6 is 0 Å². The Bertz CT molecular complexity index is 757. The van der Waals surface area contributed by atoms with Crippen molar-refractivity contribution in [3.63, 3.8) is 0 Å². The molecule has 4 heterocycles. The first-order chi connectivity index (χ1) is 13.2. The zero-order chi connectivity index (χ0) is 18.6. The molecule has 2 aliphatic rings. The summed E-state index contributed by atoms with van der Waals surface area (Å²) in [7, 11) is 1.90. The van der Waals surface area contributed by atoms with Crippen LogP contribution in [0, 0.1) is 0 Å². The van der Waals surface area contributed by atoms with E-state index in [-0.39, 0.29) is 18.1 Å². The van der Waals surface area contributed by atoms with Gasteiger partial charge < -0.3 is 14.5 Å². The first-order valence-corrected chi connectivity index (χ1v) is 9.76. The van der Waals surface area contributed by atoms with E-state index in [0.29, 0.717) is 18.7 Å². The van der Waals surface area contributed by atoms with E-state index in [1.54, 1.807) is 29.2 Å². The topological polar surface area (TPSA) is 63.5 Å². The predicted molar refractivity (Wildman–Crippen MR) is 101 cm³/mol. The Morgan fingerprint density at radius 3 is 2.67 bits per heavy atom. The van der Waals surface area contributed by atoms with Crippen molar-refractivity contribution < 1.29 is 9.53 Å². The summed E-state index contributed by atoms with van der Waals surface area (Å²) >= 11 is 0. The van der Waals surface area contributed by atoms with E-state index < -0.39 is 0 Å². The SMILES string of the molecule is Cn1cc([C@H]2[C@H](CN3CCCCC3)OCCN2C(=O)c2ccncc2)cn1. The van der Waals surface area contributed by atoms with Gasteiger partial charge in [0, 0.05) is 49.9 Å². The van der Waals surface area contributed by atoms with Gasteiger partial charge >= 0.3 is 0 Å². The third-order valence-corrected chi connectivity index (χ3v) is 5.49. The monoisotopic (exact) mass is 369 g/mol. The molecule has 4 rings (SSSR count). The molecule has 0 spiro atoms. The van der Waals surface area contributed by atoms with Gasteiger partial charge in [-0.05, 0) is 38.1 Å². The van der Waals surface area contributed by atoms with Crippen LogP contribution in [-0.2, 0) is 11.8 Å². The Hall–Kier alpha value is -2.25. The lowest BCUT2D eigenvalue weighted by molar-refractivity contribution is -0.0741. The van der Waals surface area contributed by atoms with Crippen molar-refractivity contribution in [3.8, 4) is 0 Å². The summed E-state index contributed by atoms with van der Waals surface area (Å²) in [5.74, 6) is 0.0261. The van der Waals surface area contributed by atoms with Crippen molar-refractivity contribution in [2.45, 2.75) is 31.4 Å². The Labute approximate surface area is 159 Å². The largest absolute Gasteiger partial charge is 0.373 e. The van der Waals surface area contributed by atoms with Gasteiger partial charge in [-0.2, -0.15) is 5.10 Å². The summed E-state index contributed by atoms with van der Waals surface area (Å²) in [4.78, 5) is 21.7. The number of piperidine rings is 1. The second-order valence-corrected chi connectivity index (χ2v) is 7.40. The zero-order valence-electron chi connectivity index (χ0n) is 15.8. The van der Waals surface area contributed by atoms with Gasteiger partial charge in [-0.25, -0.2) is 0 Å². The van der Waals surface area contributed by atoms with Crippen LogP contribution in [-0.4, -0.2) is 69.4 Å². The van der Waals surface area contributed by atoms with E-state index in [4.69, 9.17) is 4.74 Å². The molecule has 0 saturated carbocycles. The predicted octanol–water partition coefficient (Wildman–Crippen LogP) is 1.88. The number of hydrogen-bond donors (Lipinski definition) is 0. The Kier molecular flexibility index (Phi) is 5.50. The fourth-order valence-electron chi connectivity index (χ4n) is 4.16. The second-order valence-electron chi connectivity index (χ2n) is 7.40. The van der Waals surface area contributed by atoms with Crippen LogP contribution in [0.2, 0.25) is 0 Å². The number of aromatic nitrogens is 3. The van der Waals surface area contributed by atoms with E-state index in [9.17, 15) is 4.79 Å². The van der Waals surface area contributed by atoms with Crippen molar-refractivity contribution >= 4 is 5.91 Å². The summed E-state index contributed by atoms with van der Waals surface area (Å²) < 4.78 is 7.98. The molecule has 7 nitrogen and oxygen atoms in total. The van der Waals surface area contributed by atoms with Gasteiger partial charge in [0.05, 0.1) is 24.9 Å². The van der Waals surface area contributed by atoms with Gasteiger partial charge in [0.2, 0.25) is 0 Å². The molecule has 2 aromatic rings. The second kappa shape index (κ2) is 8.19. The smallest absolute Gasteiger partial charge is 0.254 e. The lowest BCUT2D eigenvalue weighted by Gasteiger charge is -2.43. The number of aryl methyl sites for hydroxylation is 1. The van der Waals surface area contributed by atoms with E-state index in [1.165, 1.54) is 19.3 Å². The number of nitrogens with zero attached hydrogens (tertiary/aromatic N) is 5. The Morgan fingerprint density at radius 1 is 1.19 bits per heavy atom. The molecule has 0 unspecified atom stereocenters. The van der Waals surface area contributed by atoms with Crippen LogP contribution in [0.25, 0.3) is 0 Å². The molecule has 2 aromatic heterocycles. The van der Waals surface area contributed by atoms with Crippen LogP contribution in [0.3, 0.4) is 0 Å². The first kappa shape index (κ1) is 18.1. The number of amides is 1. The number of likely N-dealkylation sites (tertiary alicyclic amines) is 1. The molecule has 7 heteroatoms. The molecule has 144 valence electrons. The molecule has 2 aliphatic heterocycles. The highest BCUT2D eigenvalue weighted by Crippen LogP contribution is 2.31. The summed E-state index contributed by atoms with van der Waals surface area (Å²) in [5, 5.41) is 4.34. The standard InChI is InChI=1S/C20H27N5O2/c1-23-14-17(13-22-23)19-18(15-24-9-3-2-4-10-24)27-12-11-25(19)20(26)16-5-7-21-8-6-16/h5-8,13-14,18-19H,2-4,9-12,15H2,1H3/t18-,19-/m0/s1. The molecule has 1 amide bonds. The fraction of sp³-hybridized carbons (Fsp3) is 0.550. The highest BCUT2D eigenvalue weighted by Gasteiger charge is 2.38. The molecule has 2 atom stereocenters. The third kappa shape index (κ3) is 4.04. The zero-order valence-corrected chi connectivity index (χ0v) is 15.8. The molecular weight excluding hydrogens is 342 g/mol. The van der Waals surface area contributed by atoms with Crippen molar-refractivity contribution in [1.82, 2.24) is 24.6 Å². The van der Waals surface area contributed by atoms with Crippen molar-refractivity contribution in [1.29, 1.82) is 0 Å². The average molecular weight is 369 g/mol. The number of carbonyl (C=O) groups excluding carboxylic acids is 1. The maximum absolute atomic E-state index is 13.2. The lowest BCUT2D eigenvalue weighted by Crippen LogP contribution is -2.52. The van der Waals surface area contributed by atoms with Gasteiger partial charge in [-0.15, -0.1) is 0 Å². The molecule has 0 aliphatic carbocycles. The molecule has 0 radical (unpaired) electrons. The van der Waals surface area contributed by atoms with Crippen LogP contribution in [0.4, 0.5) is 0 Å². The lowest BCUT2D eigenvalue weighted by atomic mass is 9.98. The maximum Gasteiger partial charge on any atom is 0.254 e. The quantitative estimate of drug-likeness (QED) is 0.823. The Balaban J connectivity index is 1.61. The molecule has 27 heavy (non-hydrogen) atoms. The number of ether oxygens (including phenoxy) is 1.